The molecule has 0 bridgehead atoms. The van der Waals surface area contributed by atoms with E-state index in [4.69, 9.17) is 21.1 Å². The van der Waals surface area contributed by atoms with Crippen molar-refractivity contribution in [3.05, 3.63) is 59.1 Å². The summed E-state index contributed by atoms with van der Waals surface area (Å²) in [7, 11) is 0. The number of hydrogen-bond acceptors (Lipinski definition) is 3. The summed E-state index contributed by atoms with van der Waals surface area (Å²) in [6, 6.07) is 15.1. The number of halogens is 1. The van der Waals surface area contributed by atoms with Crippen molar-refractivity contribution < 1.29 is 14.3 Å². The Balaban J connectivity index is 1.63. The van der Waals surface area contributed by atoms with Gasteiger partial charge in [0.15, 0.2) is 0 Å². The van der Waals surface area contributed by atoms with Crippen LogP contribution in [0.4, 0.5) is 0 Å². The third-order valence-corrected chi connectivity index (χ3v) is 3.66. The van der Waals surface area contributed by atoms with Crippen molar-refractivity contribution in [1.29, 1.82) is 0 Å². The molecule has 0 saturated heterocycles. The van der Waals surface area contributed by atoms with Gasteiger partial charge in [-0.3, -0.25) is 4.79 Å². The molecule has 0 radical (unpaired) electrons. The molecule has 134 valence electrons. The molecule has 4 nitrogen and oxygen atoms in total. The Bertz CT molecular complexity index is 671. The zero-order valence-corrected chi connectivity index (χ0v) is 15.4. The van der Waals surface area contributed by atoms with Gasteiger partial charge in [-0.2, -0.15) is 0 Å². The minimum absolute atomic E-state index is 0.0261. The molecule has 1 N–H and O–H groups in total. The van der Waals surface area contributed by atoms with Crippen molar-refractivity contribution in [2.75, 3.05) is 13.2 Å². The van der Waals surface area contributed by atoms with Crippen LogP contribution < -0.4 is 14.8 Å². The number of nitrogens with one attached hydrogen (secondary N) is 1. The average Bonchev–Trinajstić information content (AvgIpc) is 2.56. The van der Waals surface area contributed by atoms with Crippen molar-refractivity contribution in [2.45, 2.75) is 32.8 Å². The number of benzene rings is 2. The quantitative estimate of drug-likeness (QED) is 0.726. The van der Waals surface area contributed by atoms with Gasteiger partial charge in [-0.25, -0.2) is 0 Å². The Labute approximate surface area is 154 Å². The molecule has 5 heteroatoms. The first-order valence-electron chi connectivity index (χ1n) is 8.43. The highest BCUT2D eigenvalue weighted by Crippen LogP contribution is 2.17. The van der Waals surface area contributed by atoms with Crippen LogP contribution in [-0.2, 0) is 11.2 Å². The molecular formula is C20H24ClNO3. The van der Waals surface area contributed by atoms with Crippen LogP contribution >= 0.6 is 11.6 Å². The van der Waals surface area contributed by atoms with Crippen molar-refractivity contribution in [2.24, 2.45) is 0 Å². The fraction of sp³-hybridized carbons (Fsp3) is 0.350. The highest BCUT2D eigenvalue weighted by Gasteiger charge is 2.03. The monoisotopic (exact) mass is 361 g/mol. The summed E-state index contributed by atoms with van der Waals surface area (Å²) in [5.41, 5.74) is 1.16. The van der Waals surface area contributed by atoms with Gasteiger partial charge in [-0.05, 0) is 56.2 Å². The average molecular weight is 362 g/mol. The lowest BCUT2D eigenvalue weighted by atomic mass is 10.1. The lowest BCUT2D eigenvalue weighted by Crippen LogP contribution is -2.27. The molecule has 1 amide bonds. The maximum Gasteiger partial charge on any atom is 0.223 e. The smallest absolute Gasteiger partial charge is 0.223 e. The third kappa shape index (κ3) is 7.48. The van der Waals surface area contributed by atoms with E-state index < -0.39 is 0 Å². The molecule has 0 saturated carbocycles. The molecular weight excluding hydrogens is 338 g/mol. The number of hydrogen-bond donors (Lipinski definition) is 1. The van der Waals surface area contributed by atoms with Gasteiger partial charge in [-0.15, -0.1) is 0 Å². The number of ether oxygens (including phenoxy) is 2. The molecule has 2 aromatic rings. The summed E-state index contributed by atoms with van der Waals surface area (Å²) in [4.78, 5) is 11.8. The van der Waals surface area contributed by atoms with Crippen molar-refractivity contribution in [3.8, 4) is 11.5 Å². The summed E-state index contributed by atoms with van der Waals surface area (Å²) >= 11 is 5.88. The molecule has 0 aliphatic carbocycles. The first-order valence-corrected chi connectivity index (χ1v) is 8.81. The first kappa shape index (κ1) is 19.1. The maximum atomic E-state index is 11.8. The number of carbonyl (C=O) groups excluding carboxylic acids is 1. The lowest BCUT2D eigenvalue weighted by Gasteiger charge is -2.10. The van der Waals surface area contributed by atoms with Crippen LogP contribution in [0.2, 0.25) is 5.02 Å². The molecule has 0 aromatic heterocycles. The molecule has 0 spiro atoms. The van der Waals surface area contributed by atoms with Gasteiger partial charge in [0, 0.05) is 11.6 Å². The Morgan fingerprint density at radius 1 is 1.12 bits per heavy atom. The van der Waals surface area contributed by atoms with Crippen LogP contribution in [0.15, 0.2) is 48.5 Å². The molecule has 0 unspecified atom stereocenters. The van der Waals surface area contributed by atoms with Crippen LogP contribution in [0.5, 0.6) is 11.5 Å². The highest BCUT2D eigenvalue weighted by molar-refractivity contribution is 6.30. The standard InChI is InChI=1S/C20H24ClNO3/c1-15(2)25-18-8-6-16(7-9-18)10-12-22-20(23)11-13-24-19-5-3-4-17(21)14-19/h3-9,14-15H,10-13H2,1-2H3,(H,22,23). The fourth-order valence-corrected chi connectivity index (χ4v) is 2.44. The first-order chi connectivity index (χ1) is 12.0. The predicted octanol–water partition coefficient (Wildman–Crippen LogP) is 4.26. The second-order valence-electron chi connectivity index (χ2n) is 5.97. The molecule has 2 aromatic carbocycles. The fourth-order valence-electron chi connectivity index (χ4n) is 2.26. The van der Waals surface area contributed by atoms with Gasteiger partial charge in [0.2, 0.25) is 5.91 Å². The summed E-state index contributed by atoms with van der Waals surface area (Å²) < 4.78 is 11.1. The van der Waals surface area contributed by atoms with Crippen LogP contribution in [0.3, 0.4) is 0 Å². The van der Waals surface area contributed by atoms with E-state index in [1.165, 1.54) is 0 Å². The summed E-state index contributed by atoms with van der Waals surface area (Å²) in [5.74, 6) is 1.51. The van der Waals surface area contributed by atoms with E-state index in [9.17, 15) is 4.79 Å². The van der Waals surface area contributed by atoms with Gasteiger partial charge >= 0.3 is 0 Å². The van der Waals surface area contributed by atoms with E-state index in [0.29, 0.717) is 30.3 Å². The molecule has 0 fully saturated rings. The van der Waals surface area contributed by atoms with E-state index >= 15 is 0 Å². The predicted molar refractivity (Wildman–Crippen MR) is 100 cm³/mol. The molecule has 2 rings (SSSR count). The molecule has 0 heterocycles. The third-order valence-electron chi connectivity index (χ3n) is 3.42. The number of carbonyl (C=O) groups is 1. The minimum atomic E-state index is -0.0261. The summed E-state index contributed by atoms with van der Waals surface area (Å²) in [6.45, 7) is 4.92. The molecule has 25 heavy (non-hydrogen) atoms. The molecule has 0 aliphatic heterocycles. The van der Waals surface area contributed by atoms with E-state index in [1.54, 1.807) is 12.1 Å². The SMILES string of the molecule is CC(C)Oc1ccc(CCNC(=O)CCOc2cccc(Cl)c2)cc1. The van der Waals surface area contributed by atoms with Crippen LogP contribution in [0, 0.1) is 0 Å². The number of rotatable bonds is 9. The zero-order valence-electron chi connectivity index (χ0n) is 14.6. The van der Waals surface area contributed by atoms with Gasteiger partial charge in [0.05, 0.1) is 19.1 Å². The summed E-state index contributed by atoms with van der Waals surface area (Å²) in [6.07, 6.45) is 1.26. The highest BCUT2D eigenvalue weighted by atomic mass is 35.5. The van der Waals surface area contributed by atoms with Crippen molar-refractivity contribution in [3.63, 3.8) is 0 Å². The second-order valence-corrected chi connectivity index (χ2v) is 6.40. The van der Waals surface area contributed by atoms with Gasteiger partial charge in [0.1, 0.15) is 11.5 Å². The number of amides is 1. The van der Waals surface area contributed by atoms with Gasteiger partial charge in [-0.1, -0.05) is 29.8 Å². The second kappa shape index (κ2) is 9.94. The van der Waals surface area contributed by atoms with Gasteiger partial charge < -0.3 is 14.8 Å². The van der Waals surface area contributed by atoms with E-state index in [1.807, 2.05) is 50.2 Å². The van der Waals surface area contributed by atoms with Crippen LogP contribution in [0.25, 0.3) is 0 Å². The normalized spacial score (nSPS) is 10.6. The largest absolute Gasteiger partial charge is 0.493 e. The Morgan fingerprint density at radius 2 is 1.88 bits per heavy atom. The Morgan fingerprint density at radius 3 is 2.56 bits per heavy atom. The lowest BCUT2D eigenvalue weighted by molar-refractivity contribution is -0.121. The molecule has 0 atom stereocenters. The zero-order chi connectivity index (χ0) is 18.1. The van der Waals surface area contributed by atoms with Crippen LogP contribution in [0.1, 0.15) is 25.8 Å². The minimum Gasteiger partial charge on any atom is -0.493 e. The summed E-state index contributed by atoms with van der Waals surface area (Å²) in [5, 5.41) is 3.52. The van der Waals surface area contributed by atoms with E-state index in [0.717, 1.165) is 17.7 Å². The van der Waals surface area contributed by atoms with E-state index in [2.05, 4.69) is 5.32 Å². The topological polar surface area (TPSA) is 47.6 Å². The van der Waals surface area contributed by atoms with Crippen molar-refractivity contribution >= 4 is 17.5 Å². The molecule has 0 aliphatic rings. The van der Waals surface area contributed by atoms with E-state index in [-0.39, 0.29) is 12.0 Å². The van der Waals surface area contributed by atoms with Crippen LogP contribution in [-0.4, -0.2) is 25.2 Å². The van der Waals surface area contributed by atoms with Crippen molar-refractivity contribution in [1.82, 2.24) is 5.32 Å². The Hall–Kier alpha value is -2.20. The van der Waals surface area contributed by atoms with Gasteiger partial charge in [0.25, 0.3) is 0 Å². The maximum absolute atomic E-state index is 11.8. The Kier molecular flexibility index (Phi) is 7.61.